The molecule has 2 N–H and O–H groups in total. The zero-order valence-corrected chi connectivity index (χ0v) is 13.6. The Bertz CT molecular complexity index is 732. The van der Waals surface area contributed by atoms with Crippen molar-refractivity contribution < 1.29 is 14.3 Å². The van der Waals surface area contributed by atoms with Gasteiger partial charge in [0, 0.05) is 16.4 Å². The molecule has 120 valence electrons. The largest absolute Gasteiger partial charge is 0.465 e. The molecule has 2 aromatic rings. The number of ether oxygens (including phenoxy) is 1. The smallest absolute Gasteiger partial charge is 0.339 e. The first-order valence-electron chi connectivity index (χ1n) is 6.99. The van der Waals surface area contributed by atoms with Crippen molar-refractivity contribution in [3.8, 4) is 0 Å². The zero-order valence-electron chi connectivity index (χ0n) is 12.9. The third kappa shape index (κ3) is 4.23. The number of anilines is 2. The van der Waals surface area contributed by atoms with Crippen LogP contribution in [0.1, 0.15) is 15.9 Å². The van der Waals surface area contributed by atoms with Crippen molar-refractivity contribution in [3.63, 3.8) is 0 Å². The highest BCUT2D eigenvalue weighted by Gasteiger charge is 2.12. The Hall–Kier alpha value is -2.53. The van der Waals surface area contributed by atoms with Crippen LogP contribution in [-0.2, 0) is 9.53 Å². The van der Waals surface area contributed by atoms with Crippen LogP contribution in [-0.4, -0.2) is 25.5 Å². The van der Waals surface area contributed by atoms with E-state index in [-0.39, 0.29) is 12.5 Å². The zero-order chi connectivity index (χ0) is 16.8. The van der Waals surface area contributed by atoms with Crippen LogP contribution >= 0.6 is 11.6 Å². The number of rotatable bonds is 5. The van der Waals surface area contributed by atoms with E-state index in [2.05, 4.69) is 10.6 Å². The molecule has 0 atom stereocenters. The maximum Gasteiger partial charge on any atom is 0.339 e. The van der Waals surface area contributed by atoms with E-state index in [0.717, 1.165) is 5.56 Å². The summed E-state index contributed by atoms with van der Waals surface area (Å²) in [5.74, 6) is -0.700. The topological polar surface area (TPSA) is 67.4 Å². The minimum absolute atomic E-state index is 0.0139. The van der Waals surface area contributed by atoms with Crippen molar-refractivity contribution in [1.29, 1.82) is 0 Å². The summed E-state index contributed by atoms with van der Waals surface area (Å²) in [6.45, 7) is 1.85. The number of methoxy groups -OCH3 is 1. The summed E-state index contributed by atoms with van der Waals surface area (Å²) in [5.41, 5.74) is 2.38. The third-order valence-electron chi connectivity index (χ3n) is 3.31. The van der Waals surface area contributed by atoms with E-state index in [0.29, 0.717) is 22.0 Å². The van der Waals surface area contributed by atoms with Gasteiger partial charge in [0.1, 0.15) is 0 Å². The van der Waals surface area contributed by atoms with Gasteiger partial charge in [-0.3, -0.25) is 4.79 Å². The molecule has 0 saturated carbocycles. The predicted molar refractivity (Wildman–Crippen MR) is 91.1 cm³/mol. The summed E-state index contributed by atoms with van der Waals surface area (Å²) in [5, 5.41) is 6.31. The minimum atomic E-state index is -0.459. The molecule has 0 fully saturated rings. The predicted octanol–water partition coefficient (Wildman–Crippen LogP) is 3.49. The Morgan fingerprint density at radius 3 is 2.52 bits per heavy atom. The quantitative estimate of drug-likeness (QED) is 0.822. The van der Waals surface area contributed by atoms with Crippen molar-refractivity contribution in [2.45, 2.75) is 6.92 Å². The molecule has 1 amide bonds. The monoisotopic (exact) mass is 332 g/mol. The van der Waals surface area contributed by atoms with Gasteiger partial charge in [0.05, 0.1) is 19.2 Å². The van der Waals surface area contributed by atoms with Crippen LogP contribution in [0.3, 0.4) is 0 Å². The molecular weight excluding hydrogens is 316 g/mol. The lowest BCUT2D eigenvalue weighted by Gasteiger charge is -2.12. The SMILES string of the molecule is COC(=O)c1ccccc1NCC(=O)Nc1cccc(Cl)c1C. The number of hydrogen-bond donors (Lipinski definition) is 2. The minimum Gasteiger partial charge on any atom is -0.465 e. The lowest BCUT2D eigenvalue weighted by atomic mass is 10.2. The highest BCUT2D eigenvalue weighted by Crippen LogP contribution is 2.23. The van der Waals surface area contributed by atoms with Crippen molar-refractivity contribution in [2.24, 2.45) is 0 Å². The van der Waals surface area contributed by atoms with Gasteiger partial charge >= 0.3 is 5.97 Å². The van der Waals surface area contributed by atoms with Gasteiger partial charge in [-0.2, -0.15) is 0 Å². The summed E-state index contributed by atoms with van der Waals surface area (Å²) in [7, 11) is 1.31. The van der Waals surface area contributed by atoms with Gasteiger partial charge in [0.2, 0.25) is 5.91 Å². The van der Waals surface area contributed by atoms with E-state index >= 15 is 0 Å². The fourth-order valence-electron chi connectivity index (χ4n) is 2.04. The average molecular weight is 333 g/mol. The van der Waals surface area contributed by atoms with Crippen LogP contribution in [0.2, 0.25) is 5.02 Å². The first-order valence-corrected chi connectivity index (χ1v) is 7.37. The Labute approximate surface area is 139 Å². The Kier molecular flexibility index (Phi) is 5.60. The fourth-order valence-corrected chi connectivity index (χ4v) is 2.21. The lowest BCUT2D eigenvalue weighted by Crippen LogP contribution is -2.23. The molecule has 0 aliphatic heterocycles. The maximum absolute atomic E-state index is 12.1. The standard InChI is InChI=1S/C17H17ClN2O3/c1-11-13(18)7-5-9-14(11)20-16(21)10-19-15-8-4-3-6-12(15)17(22)23-2/h3-9,19H,10H2,1-2H3,(H,20,21). The number of hydrogen-bond acceptors (Lipinski definition) is 4. The van der Waals surface area contributed by atoms with Crippen LogP contribution in [0.15, 0.2) is 42.5 Å². The molecule has 0 saturated heterocycles. The van der Waals surface area contributed by atoms with Crippen molar-refractivity contribution >= 4 is 34.9 Å². The molecule has 0 heterocycles. The molecule has 0 aliphatic rings. The fraction of sp³-hybridized carbons (Fsp3) is 0.176. The number of benzene rings is 2. The highest BCUT2D eigenvalue weighted by atomic mass is 35.5. The normalized spacial score (nSPS) is 10.0. The van der Waals surface area contributed by atoms with Crippen LogP contribution in [0, 0.1) is 6.92 Å². The molecule has 0 spiro atoms. The van der Waals surface area contributed by atoms with E-state index in [1.807, 2.05) is 6.92 Å². The molecule has 0 aromatic heterocycles. The van der Waals surface area contributed by atoms with Crippen LogP contribution in [0.5, 0.6) is 0 Å². The van der Waals surface area contributed by atoms with Crippen molar-refractivity contribution in [1.82, 2.24) is 0 Å². The van der Waals surface area contributed by atoms with Gasteiger partial charge in [-0.25, -0.2) is 4.79 Å². The highest BCUT2D eigenvalue weighted by molar-refractivity contribution is 6.31. The van der Waals surface area contributed by atoms with Gasteiger partial charge in [-0.15, -0.1) is 0 Å². The molecule has 0 aliphatic carbocycles. The molecule has 6 heteroatoms. The van der Waals surface area contributed by atoms with Crippen molar-refractivity contribution in [2.75, 3.05) is 24.3 Å². The Morgan fingerprint density at radius 1 is 1.09 bits per heavy atom. The molecule has 2 aromatic carbocycles. The summed E-state index contributed by atoms with van der Waals surface area (Å²) < 4.78 is 4.71. The summed E-state index contributed by atoms with van der Waals surface area (Å²) in [4.78, 5) is 23.7. The molecule has 23 heavy (non-hydrogen) atoms. The van der Waals surface area contributed by atoms with E-state index in [1.54, 1.807) is 42.5 Å². The lowest BCUT2D eigenvalue weighted by molar-refractivity contribution is -0.114. The number of halogens is 1. The molecule has 0 radical (unpaired) electrons. The van der Waals surface area contributed by atoms with Gasteiger partial charge in [-0.1, -0.05) is 29.8 Å². The summed E-state index contributed by atoms with van der Waals surface area (Å²) in [6.07, 6.45) is 0. The number of nitrogens with one attached hydrogen (secondary N) is 2. The Balaban J connectivity index is 2.03. The molecular formula is C17H17ClN2O3. The van der Waals surface area contributed by atoms with E-state index in [9.17, 15) is 9.59 Å². The second-order valence-electron chi connectivity index (χ2n) is 4.85. The Morgan fingerprint density at radius 2 is 1.78 bits per heavy atom. The number of esters is 1. The summed E-state index contributed by atoms with van der Waals surface area (Å²) in [6, 6.07) is 12.2. The van der Waals surface area contributed by atoms with Crippen LogP contribution in [0.4, 0.5) is 11.4 Å². The van der Waals surface area contributed by atoms with Gasteiger partial charge in [-0.05, 0) is 36.8 Å². The number of para-hydroxylation sites is 1. The van der Waals surface area contributed by atoms with Crippen molar-refractivity contribution in [3.05, 3.63) is 58.6 Å². The number of carbonyl (C=O) groups is 2. The average Bonchev–Trinajstić information content (AvgIpc) is 2.56. The second kappa shape index (κ2) is 7.65. The molecule has 0 unspecified atom stereocenters. The van der Waals surface area contributed by atoms with E-state index in [4.69, 9.17) is 16.3 Å². The number of carbonyl (C=O) groups excluding carboxylic acids is 2. The van der Waals surface area contributed by atoms with Crippen LogP contribution < -0.4 is 10.6 Å². The number of amides is 1. The van der Waals surface area contributed by atoms with Gasteiger partial charge in [0.25, 0.3) is 0 Å². The molecule has 2 rings (SSSR count). The molecule has 5 nitrogen and oxygen atoms in total. The molecule has 0 bridgehead atoms. The van der Waals surface area contributed by atoms with E-state index < -0.39 is 5.97 Å². The van der Waals surface area contributed by atoms with E-state index in [1.165, 1.54) is 7.11 Å². The first kappa shape index (κ1) is 16.8. The second-order valence-corrected chi connectivity index (χ2v) is 5.26. The third-order valence-corrected chi connectivity index (χ3v) is 3.72. The van der Waals surface area contributed by atoms with Gasteiger partial charge in [0.15, 0.2) is 0 Å². The van der Waals surface area contributed by atoms with Crippen LogP contribution in [0.25, 0.3) is 0 Å². The maximum atomic E-state index is 12.1. The first-order chi connectivity index (χ1) is 11.0. The summed E-state index contributed by atoms with van der Waals surface area (Å²) >= 11 is 6.02. The van der Waals surface area contributed by atoms with Gasteiger partial charge < -0.3 is 15.4 Å².